The number of hydrogen-bond acceptors (Lipinski definition) is 3. The summed E-state index contributed by atoms with van der Waals surface area (Å²) in [6.45, 7) is 3.96. The number of halogens is 1. The summed E-state index contributed by atoms with van der Waals surface area (Å²) in [6.07, 6.45) is 1.82. The number of nitro groups is 1. The standard InChI is InChI=1S/C19H16BrN3O2/c1-13-10-15(12-21-17-8-6-16(20)7-9-17)14(2)22(13)18-4-3-5-19(11-18)23(24)25/h3-12H,1-2H3. The van der Waals surface area contributed by atoms with Crippen LogP contribution in [0.25, 0.3) is 5.69 Å². The van der Waals surface area contributed by atoms with Gasteiger partial charge in [0.1, 0.15) is 0 Å². The van der Waals surface area contributed by atoms with Crippen molar-refractivity contribution in [1.29, 1.82) is 0 Å². The predicted octanol–water partition coefficient (Wildman–Crippen LogP) is 5.52. The van der Waals surface area contributed by atoms with Crippen molar-refractivity contribution in [3.8, 4) is 5.69 Å². The quantitative estimate of drug-likeness (QED) is 0.330. The van der Waals surface area contributed by atoms with Crippen LogP contribution < -0.4 is 0 Å². The molecular formula is C19H16BrN3O2. The van der Waals surface area contributed by atoms with Crippen LogP contribution in [-0.2, 0) is 0 Å². The zero-order valence-electron chi connectivity index (χ0n) is 13.8. The molecule has 5 nitrogen and oxygen atoms in total. The summed E-state index contributed by atoms with van der Waals surface area (Å²) in [7, 11) is 0. The second-order valence-corrected chi connectivity index (χ2v) is 6.59. The van der Waals surface area contributed by atoms with E-state index in [1.165, 1.54) is 6.07 Å². The summed E-state index contributed by atoms with van der Waals surface area (Å²) in [6, 6.07) is 16.4. The van der Waals surface area contributed by atoms with Crippen molar-refractivity contribution >= 4 is 33.5 Å². The maximum Gasteiger partial charge on any atom is 0.271 e. The van der Waals surface area contributed by atoms with Gasteiger partial charge in [0, 0.05) is 39.8 Å². The minimum absolute atomic E-state index is 0.0788. The lowest BCUT2D eigenvalue weighted by molar-refractivity contribution is -0.384. The molecule has 3 rings (SSSR count). The first-order chi connectivity index (χ1) is 12.0. The summed E-state index contributed by atoms with van der Waals surface area (Å²) in [5.41, 5.74) is 4.67. The molecule has 25 heavy (non-hydrogen) atoms. The normalized spacial score (nSPS) is 11.2. The van der Waals surface area contributed by atoms with E-state index in [2.05, 4.69) is 20.9 Å². The first-order valence-electron chi connectivity index (χ1n) is 7.69. The van der Waals surface area contributed by atoms with Crippen molar-refractivity contribution in [2.24, 2.45) is 4.99 Å². The maximum absolute atomic E-state index is 11.0. The Bertz CT molecular complexity index is 959. The Morgan fingerprint density at radius 1 is 1.12 bits per heavy atom. The highest BCUT2D eigenvalue weighted by Gasteiger charge is 2.12. The minimum Gasteiger partial charge on any atom is -0.318 e. The molecule has 0 fully saturated rings. The highest BCUT2D eigenvalue weighted by molar-refractivity contribution is 9.10. The van der Waals surface area contributed by atoms with Crippen LogP contribution in [0.1, 0.15) is 17.0 Å². The van der Waals surface area contributed by atoms with Gasteiger partial charge in [0.2, 0.25) is 0 Å². The Hall–Kier alpha value is -2.73. The number of hydrogen-bond donors (Lipinski definition) is 0. The van der Waals surface area contributed by atoms with Crippen LogP contribution in [0, 0.1) is 24.0 Å². The van der Waals surface area contributed by atoms with Gasteiger partial charge in [-0.25, -0.2) is 0 Å². The lowest BCUT2D eigenvalue weighted by Gasteiger charge is -2.09. The maximum atomic E-state index is 11.0. The van der Waals surface area contributed by atoms with Crippen LogP contribution in [0.15, 0.2) is 64.1 Å². The zero-order valence-corrected chi connectivity index (χ0v) is 15.4. The Balaban J connectivity index is 1.97. The number of non-ortho nitro benzene ring substituents is 1. The van der Waals surface area contributed by atoms with Crippen LogP contribution in [0.5, 0.6) is 0 Å². The first kappa shape index (κ1) is 17.1. The highest BCUT2D eigenvalue weighted by Crippen LogP contribution is 2.24. The van der Waals surface area contributed by atoms with Crippen LogP contribution in [0.2, 0.25) is 0 Å². The largest absolute Gasteiger partial charge is 0.318 e. The molecule has 1 heterocycles. The van der Waals surface area contributed by atoms with Crippen LogP contribution in [0.4, 0.5) is 11.4 Å². The average molecular weight is 398 g/mol. The number of nitro benzene ring substituents is 1. The lowest BCUT2D eigenvalue weighted by atomic mass is 10.2. The molecule has 126 valence electrons. The van der Waals surface area contributed by atoms with Crippen LogP contribution in [0.3, 0.4) is 0 Å². The van der Waals surface area contributed by atoms with Crippen molar-refractivity contribution in [3.05, 3.63) is 86.1 Å². The topological polar surface area (TPSA) is 60.4 Å². The molecule has 0 aliphatic heterocycles. The first-order valence-corrected chi connectivity index (χ1v) is 8.48. The van der Waals surface area contributed by atoms with Crippen LogP contribution in [-0.4, -0.2) is 15.7 Å². The molecular weight excluding hydrogens is 382 g/mol. The molecule has 0 saturated carbocycles. The molecule has 0 radical (unpaired) electrons. The number of benzene rings is 2. The van der Waals surface area contributed by atoms with E-state index in [1.54, 1.807) is 12.1 Å². The molecule has 6 heteroatoms. The van der Waals surface area contributed by atoms with Crippen molar-refractivity contribution < 1.29 is 4.92 Å². The molecule has 1 aromatic heterocycles. The van der Waals surface area contributed by atoms with E-state index in [9.17, 15) is 10.1 Å². The number of rotatable bonds is 4. The number of aromatic nitrogens is 1. The molecule has 0 bridgehead atoms. The minimum atomic E-state index is -0.381. The third-order valence-electron chi connectivity index (χ3n) is 3.95. The molecule has 0 N–H and O–H groups in total. The molecule has 0 aliphatic rings. The Kier molecular flexibility index (Phi) is 4.81. The third-order valence-corrected chi connectivity index (χ3v) is 4.48. The molecule has 2 aromatic carbocycles. The van der Waals surface area contributed by atoms with Gasteiger partial charge in [-0.1, -0.05) is 22.0 Å². The summed E-state index contributed by atoms with van der Waals surface area (Å²) in [5, 5.41) is 11.0. The number of aliphatic imine (C=N–C) groups is 1. The van der Waals surface area contributed by atoms with Gasteiger partial charge in [-0.3, -0.25) is 15.1 Å². The van der Waals surface area contributed by atoms with Gasteiger partial charge < -0.3 is 4.57 Å². The number of nitrogens with zero attached hydrogens (tertiary/aromatic N) is 3. The molecule has 0 saturated heterocycles. The van der Waals surface area contributed by atoms with E-state index in [1.807, 2.05) is 61.0 Å². The van der Waals surface area contributed by atoms with E-state index >= 15 is 0 Å². The Morgan fingerprint density at radius 3 is 2.52 bits per heavy atom. The second kappa shape index (κ2) is 7.03. The van der Waals surface area contributed by atoms with Crippen molar-refractivity contribution in [1.82, 2.24) is 4.57 Å². The van der Waals surface area contributed by atoms with E-state index in [4.69, 9.17) is 0 Å². The summed E-state index contributed by atoms with van der Waals surface area (Å²) >= 11 is 3.40. The molecule has 3 aromatic rings. The third kappa shape index (κ3) is 3.69. The van der Waals surface area contributed by atoms with Gasteiger partial charge in [0.05, 0.1) is 16.3 Å². The molecule has 0 spiro atoms. The summed E-state index contributed by atoms with van der Waals surface area (Å²) in [5.74, 6) is 0. The Morgan fingerprint density at radius 2 is 1.84 bits per heavy atom. The fraction of sp³-hybridized carbons (Fsp3) is 0.105. The van der Waals surface area contributed by atoms with Gasteiger partial charge in [-0.15, -0.1) is 0 Å². The fourth-order valence-electron chi connectivity index (χ4n) is 2.73. The number of aryl methyl sites for hydroxylation is 1. The molecule has 0 amide bonds. The molecule has 0 atom stereocenters. The highest BCUT2D eigenvalue weighted by atomic mass is 79.9. The summed E-state index contributed by atoms with van der Waals surface area (Å²) < 4.78 is 3.01. The van der Waals surface area contributed by atoms with Crippen molar-refractivity contribution in [2.45, 2.75) is 13.8 Å². The van der Waals surface area contributed by atoms with E-state index in [0.29, 0.717) is 0 Å². The van der Waals surface area contributed by atoms with E-state index in [0.717, 1.165) is 32.8 Å². The van der Waals surface area contributed by atoms with Gasteiger partial charge in [-0.05, 0) is 50.2 Å². The average Bonchev–Trinajstić information content (AvgIpc) is 2.88. The van der Waals surface area contributed by atoms with Gasteiger partial charge in [0.15, 0.2) is 0 Å². The predicted molar refractivity (Wildman–Crippen MR) is 103 cm³/mol. The lowest BCUT2D eigenvalue weighted by Crippen LogP contribution is -2.00. The van der Waals surface area contributed by atoms with Crippen LogP contribution >= 0.6 is 15.9 Å². The Labute approximate surface area is 153 Å². The van der Waals surface area contributed by atoms with E-state index in [-0.39, 0.29) is 10.6 Å². The SMILES string of the molecule is Cc1cc(C=Nc2ccc(Br)cc2)c(C)n1-c1cccc([N+](=O)[O-])c1. The monoisotopic (exact) mass is 397 g/mol. The second-order valence-electron chi connectivity index (χ2n) is 5.67. The fourth-order valence-corrected chi connectivity index (χ4v) is 3.00. The van der Waals surface area contributed by atoms with E-state index < -0.39 is 0 Å². The smallest absolute Gasteiger partial charge is 0.271 e. The molecule has 0 unspecified atom stereocenters. The van der Waals surface area contributed by atoms with Crippen molar-refractivity contribution in [2.75, 3.05) is 0 Å². The zero-order chi connectivity index (χ0) is 18.0. The van der Waals surface area contributed by atoms with Gasteiger partial charge >= 0.3 is 0 Å². The summed E-state index contributed by atoms with van der Waals surface area (Å²) in [4.78, 5) is 15.1. The van der Waals surface area contributed by atoms with Gasteiger partial charge in [0.25, 0.3) is 5.69 Å². The van der Waals surface area contributed by atoms with Gasteiger partial charge in [-0.2, -0.15) is 0 Å². The van der Waals surface area contributed by atoms with Crippen molar-refractivity contribution in [3.63, 3.8) is 0 Å². The molecule has 0 aliphatic carbocycles.